The molecule has 0 aliphatic heterocycles. The summed E-state index contributed by atoms with van der Waals surface area (Å²) in [6.45, 7) is 0. The van der Waals surface area contributed by atoms with Gasteiger partial charge in [-0.3, -0.25) is 0 Å². The zero-order valence-corrected chi connectivity index (χ0v) is 18.4. The highest BCUT2D eigenvalue weighted by Crippen LogP contribution is 2.50. The number of benzene rings is 4. The molecular formula is C30H23Si. The van der Waals surface area contributed by atoms with Crippen molar-refractivity contribution in [2.24, 2.45) is 0 Å². The minimum absolute atomic E-state index is 0.418. The molecule has 31 heavy (non-hydrogen) atoms. The highest BCUT2D eigenvalue weighted by Gasteiger charge is 2.31. The van der Waals surface area contributed by atoms with E-state index in [1.54, 1.807) is 0 Å². The quantitative estimate of drug-likeness (QED) is 0.306. The van der Waals surface area contributed by atoms with Gasteiger partial charge in [0.2, 0.25) is 0 Å². The molecule has 0 fully saturated rings. The summed E-state index contributed by atoms with van der Waals surface area (Å²) in [4.78, 5) is 0. The molecule has 2 aliphatic rings. The molecule has 0 spiro atoms. The van der Waals surface area contributed by atoms with Gasteiger partial charge in [0, 0.05) is 11.8 Å². The number of rotatable bonds is 4. The Hall–Kier alpha value is -3.16. The maximum atomic E-state index is 3.78. The first-order chi connectivity index (χ1) is 15.3. The molecule has 0 unspecified atom stereocenters. The van der Waals surface area contributed by atoms with Gasteiger partial charge >= 0.3 is 0 Å². The molecule has 0 bridgehead atoms. The summed E-state index contributed by atoms with van der Waals surface area (Å²) in [6.07, 6.45) is 2.08. The van der Waals surface area contributed by atoms with Crippen molar-refractivity contribution < 1.29 is 0 Å². The molecular weight excluding hydrogens is 388 g/mol. The summed E-state index contributed by atoms with van der Waals surface area (Å²) in [6, 6.07) is 35.7. The molecule has 0 heterocycles. The zero-order valence-electron chi connectivity index (χ0n) is 17.4. The Labute approximate surface area is 187 Å². The predicted molar refractivity (Wildman–Crippen MR) is 131 cm³/mol. The van der Waals surface area contributed by atoms with Crippen LogP contribution >= 0.6 is 0 Å². The molecule has 147 valence electrons. The average molecular weight is 412 g/mol. The molecule has 6 rings (SSSR count). The van der Waals surface area contributed by atoms with Crippen LogP contribution in [0.3, 0.4) is 0 Å². The highest BCUT2D eigenvalue weighted by molar-refractivity contribution is 6.17. The Bertz CT molecular complexity index is 1120. The maximum Gasteiger partial charge on any atom is 0.0600 e. The number of fused-ring (bicyclic) bond motifs is 6. The first kappa shape index (κ1) is 18.6. The molecule has 0 saturated carbocycles. The van der Waals surface area contributed by atoms with E-state index < -0.39 is 0 Å². The SMILES string of the molecule is [Si]C=C(CC1c2ccccc2-c2ccccc21)CC1c2ccccc2-c2ccccc21. The van der Waals surface area contributed by atoms with Gasteiger partial charge in [0.25, 0.3) is 0 Å². The van der Waals surface area contributed by atoms with E-state index in [9.17, 15) is 0 Å². The lowest BCUT2D eigenvalue weighted by Crippen LogP contribution is -2.04. The lowest BCUT2D eigenvalue weighted by atomic mass is 9.84. The highest BCUT2D eigenvalue weighted by atomic mass is 28.1. The van der Waals surface area contributed by atoms with Crippen LogP contribution in [0, 0.1) is 0 Å². The first-order valence-electron chi connectivity index (χ1n) is 11.1. The Balaban J connectivity index is 1.36. The Kier molecular flexibility index (Phi) is 4.51. The summed E-state index contributed by atoms with van der Waals surface area (Å²) in [5.74, 6) is 0.837. The summed E-state index contributed by atoms with van der Waals surface area (Å²) in [5.41, 5.74) is 15.1. The van der Waals surface area contributed by atoms with Crippen LogP contribution in [0.15, 0.2) is 108 Å². The lowest BCUT2D eigenvalue weighted by molar-refractivity contribution is 0.727. The zero-order chi connectivity index (χ0) is 20.8. The van der Waals surface area contributed by atoms with Crippen molar-refractivity contribution in [3.05, 3.63) is 131 Å². The predicted octanol–water partition coefficient (Wildman–Crippen LogP) is 7.44. The van der Waals surface area contributed by atoms with Gasteiger partial charge in [-0.15, -0.1) is 5.70 Å². The third-order valence-electron chi connectivity index (χ3n) is 7.06. The molecule has 3 radical (unpaired) electrons. The van der Waals surface area contributed by atoms with E-state index in [0.717, 1.165) is 12.8 Å². The minimum atomic E-state index is 0.418. The van der Waals surface area contributed by atoms with E-state index in [-0.39, 0.29) is 0 Å². The molecule has 4 aromatic rings. The van der Waals surface area contributed by atoms with Gasteiger partial charge in [0.1, 0.15) is 0 Å². The van der Waals surface area contributed by atoms with Crippen LogP contribution in [-0.2, 0) is 0 Å². The topological polar surface area (TPSA) is 0 Å². The molecule has 0 aromatic heterocycles. The summed E-state index contributed by atoms with van der Waals surface area (Å²) in [7, 11) is 3.78. The van der Waals surface area contributed by atoms with E-state index in [2.05, 4.69) is 113 Å². The van der Waals surface area contributed by atoms with Crippen LogP contribution < -0.4 is 0 Å². The monoisotopic (exact) mass is 411 g/mol. The van der Waals surface area contributed by atoms with E-state index in [1.807, 2.05) is 0 Å². The van der Waals surface area contributed by atoms with E-state index in [4.69, 9.17) is 0 Å². The second-order valence-corrected chi connectivity index (χ2v) is 8.95. The van der Waals surface area contributed by atoms with Crippen molar-refractivity contribution in [3.63, 3.8) is 0 Å². The second kappa shape index (κ2) is 7.51. The van der Waals surface area contributed by atoms with Gasteiger partial charge in [-0.1, -0.05) is 103 Å². The molecule has 1 heteroatoms. The molecule has 0 saturated heterocycles. The van der Waals surface area contributed by atoms with Crippen molar-refractivity contribution in [1.29, 1.82) is 0 Å². The molecule has 0 atom stereocenters. The smallest absolute Gasteiger partial charge is 0.0600 e. The molecule has 0 N–H and O–H groups in total. The second-order valence-electron chi connectivity index (χ2n) is 8.67. The van der Waals surface area contributed by atoms with Crippen LogP contribution in [0.2, 0.25) is 0 Å². The Morgan fingerprint density at radius 1 is 0.516 bits per heavy atom. The van der Waals surface area contributed by atoms with Gasteiger partial charge in [0.15, 0.2) is 0 Å². The van der Waals surface area contributed by atoms with E-state index in [0.29, 0.717) is 11.8 Å². The lowest BCUT2D eigenvalue weighted by Gasteiger charge is -2.20. The van der Waals surface area contributed by atoms with E-state index in [1.165, 1.54) is 50.1 Å². The van der Waals surface area contributed by atoms with Crippen molar-refractivity contribution in [2.75, 3.05) is 0 Å². The van der Waals surface area contributed by atoms with Crippen LogP contribution in [0.1, 0.15) is 46.9 Å². The maximum absolute atomic E-state index is 3.78. The van der Waals surface area contributed by atoms with Crippen molar-refractivity contribution in [2.45, 2.75) is 24.7 Å². The van der Waals surface area contributed by atoms with Crippen LogP contribution in [0.5, 0.6) is 0 Å². The standard InChI is InChI=1S/C30H23Si/c31-19-20(17-29-25-13-5-1-9-21(25)22-10-2-6-14-26(22)29)18-30-27-15-7-3-11-23(27)24-12-4-8-16-28(24)30/h1-16,19,29-30H,17-18H2. The number of allylic oxidation sites excluding steroid dienone is 1. The normalized spacial score (nSPS) is 14.0. The van der Waals surface area contributed by atoms with Gasteiger partial charge in [-0.05, 0) is 57.3 Å². The summed E-state index contributed by atoms with van der Waals surface area (Å²) >= 11 is 0. The molecule has 0 nitrogen and oxygen atoms in total. The van der Waals surface area contributed by atoms with Gasteiger partial charge in [-0.2, -0.15) is 0 Å². The minimum Gasteiger partial charge on any atom is -0.103 e. The summed E-state index contributed by atoms with van der Waals surface area (Å²) in [5, 5.41) is 0. The molecule has 0 amide bonds. The van der Waals surface area contributed by atoms with Crippen LogP contribution in [-0.4, -0.2) is 10.2 Å². The van der Waals surface area contributed by atoms with Crippen LogP contribution in [0.25, 0.3) is 22.3 Å². The first-order valence-corrected chi connectivity index (χ1v) is 11.6. The van der Waals surface area contributed by atoms with Crippen LogP contribution in [0.4, 0.5) is 0 Å². The summed E-state index contributed by atoms with van der Waals surface area (Å²) < 4.78 is 0. The Morgan fingerprint density at radius 2 is 0.806 bits per heavy atom. The third-order valence-corrected chi connectivity index (χ3v) is 7.47. The largest absolute Gasteiger partial charge is 0.103 e. The number of hydrogen-bond acceptors (Lipinski definition) is 0. The third kappa shape index (κ3) is 2.96. The van der Waals surface area contributed by atoms with Crippen molar-refractivity contribution in [3.8, 4) is 22.3 Å². The average Bonchev–Trinajstić information content (AvgIpc) is 3.32. The van der Waals surface area contributed by atoms with Crippen molar-refractivity contribution >= 4 is 10.2 Å². The van der Waals surface area contributed by atoms with Crippen molar-refractivity contribution in [1.82, 2.24) is 0 Å². The van der Waals surface area contributed by atoms with Gasteiger partial charge < -0.3 is 0 Å². The molecule has 4 aromatic carbocycles. The van der Waals surface area contributed by atoms with Gasteiger partial charge in [-0.25, -0.2) is 0 Å². The molecule has 2 aliphatic carbocycles. The number of hydrogen-bond donors (Lipinski definition) is 0. The Morgan fingerprint density at radius 3 is 1.10 bits per heavy atom. The fraction of sp³-hybridized carbons (Fsp3) is 0.133. The fourth-order valence-electron chi connectivity index (χ4n) is 5.69. The fourth-order valence-corrected chi connectivity index (χ4v) is 5.92. The van der Waals surface area contributed by atoms with E-state index >= 15 is 0 Å². The van der Waals surface area contributed by atoms with Gasteiger partial charge in [0.05, 0.1) is 10.2 Å².